The van der Waals surface area contributed by atoms with E-state index in [-0.39, 0.29) is 5.82 Å². The summed E-state index contributed by atoms with van der Waals surface area (Å²) < 4.78 is 17.7. The molecule has 0 spiro atoms. The first-order chi connectivity index (χ1) is 6.06. The van der Waals surface area contributed by atoms with Crippen LogP contribution in [0.1, 0.15) is 21.5 Å². The lowest BCUT2D eigenvalue weighted by molar-refractivity contribution is 0.0600. The van der Waals surface area contributed by atoms with E-state index in [0.717, 1.165) is 0 Å². The van der Waals surface area contributed by atoms with Gasteiger partial charge in [-0.3, -0.25) is 0 Å². The predicted octanol–water partition coefficient (Wildman–Crippen LogP) is 2.23. The summed E-state index contributed by atoms with van der Waals surface area (Å²) in [6, 6.07) is 2.96. The zero-order valence-corrected chi connectivity index (χ0v) is 7.85. The Balaban J connectivity index is 3.20. The summed E-state index contributed by atoms with van der Waals surface area (Å²) in [5.74, 6) is -0.709. The van der Waals surface area contributed by atoms with E-state index in [9.17, 15) is 9.18 Å². The number of esters is 1. The summed E-state index contributed by atoms with van der Waals surface area (Å²) in [7, 11) is 1.30. The maximum atomic E-state index is 13.1. The van der Waals surface area contributed by atoms with Gasteiger partial charge in [-0.1, -0.05) is 0 Å². The fourth-order valence-corrected chi connectivity index (χ4v) is 1.18. The molecule has 0 bridgehead atoms. The molecule has 0 fully saturated rings. The van der Waals surface area contributed by atoms with Crippen LogP contribution in [0.25, 0.3) is 0 Å². The van der Waals surface area contributed by atoms with Crippen LogP contribution in [0.4, 0.5) is 4.39 Å². The molecule has 2 nitrogen and oxygen atoms in total. The van der Waals surface area contributed by atoms with Crippen molar-refractivity contribution in [2.75, 3.05) is 7.11 Å². The normalized spacial score (nSPS) is 9.85. The average Bonchev–Trinajstić information content (AvgIpc) is 2.12. The molecule has 0 aliphatic heterocycles. The Morgan fingerprint density at radius 1 is 1.31 bits per heavy atom. The largest absolute Gasteiger partial charge is 0.465 e. The van der Waals surface area contributed by atoms with Crippen LogP contribution in [-0.2, 0) is 4.74 Å². The second-order valence-corrected chi connectivity index (χ2v) is 2.92. The highest BCUT2D eigenvalue weighted by molar-refractivity contribution is 5.89. The molecular formula is C10H11FO2. The minimum atomic E-state index is -0.439. The van der Waals surface area contributed by atoms with Gasteiger partial charge in [0, 0.05) is 0 Å². The van der Waals surface area contributed by atoms with Crippen molar-refractivity contribution in [3.8, 4) is 0 Å². The second-order valence-electron chi connectivity index (χ2n) is 2.92. The maximum Gasteiger partial charge on any atom is 0.337 e. The number of methoxy groups -OCH3 is 1. The molecule has 0 aromatic heterocycles. The summed E-state index contributed by atoms with van der Waals surface area (Å²) in [6.45, 7) is 3.24. The molecule has 70 valence electrons. The molecule has 0 heterocycles. The molecular weight excluding hydrogens is 171 g/mol. The van der Waals surface area contributed by atoms with E-state index in [1.807, 2.05) is 0 Å². The SMILES string of the molecule is COC(=O)c1cc(C)c(F)c(C)c1. The van der Waals surface area contributed by atoms with Gasteiger partial charge in [-0.15, -0.1) is 0 Å². The third kappa shape index (κ3) is 1.86. The smallest absolute Gasteiger partial charge is 0.337 e. The molecule has 0 unspecified atom stereocenters. The molecule has 0 radical (unpaired) electrons. The van der Waals surface area contributed by atoms with Crippen molar-refractivity contribution in [3.63, 3.8) is 0 Å². The highest BCUT2D eigenvalue weighted by atomic mass is 19.1. The first-order valence-electron chi connectivity index (χ1n) is 3.91. The van der Waals surface area contributed by atoms with Gasteiger partial charge in [-0.25, -0.2) is 9.18 Å². The third-order valence-corrected chi connectivity index (χ3v) is 1.86. The molecule has 1 aromatic rings. The lowest BCUT2D eigenvalue weighted by Crippen LogP contribution is -2.03. The Morgan fingerprint density at radius 3 is 2.15 bits per heavy atom. The number of hydrogen-bond acceptors (Lipinski definition) is 2. The van der Waals surface area contributed by atoms with E-state index in [1.54, 1.807) is 13.8 Å². The first kappa shape index (κ1) is 9.71. The summed E-state index contributed by atoms with van der Waals surface area (Å²) in [5.41, 5.74) is 1.31. The number of carbonyl (C=O) groups excluding carboxylic acids is 1. The van der Waals surface area contributed by atoms with Gasteiger partial charge in [0.15, 0.2) is 0 Å². The lowest BCUT2D eigenvalue weighted by atomic mass is 10.1. The number of ether oxygens (including phenoxy) is 1. The molecule has 0 amide bonds. The molecule has 0 N–H and O–H groups in total. The topological polar surface area (TPSA) is 26.3 Å². The summed E-state index contributed by atoms with van der Waals surface area (Å²) in [4.78, 5) is 11.1. The van der Waals surface area contributed by atoms with Crippen LogP contribution >= 0.6 is 0 Å². The zero-order chi connectivity index (χ0) is 10.0. The summed E-state index contributed by atoms with van der Waals surface area (Å²) in [6.07, 6.45) is 0. The number of rotatable bonds is 1. The minimum absolute atomic E-state index is 0.271. The Labute approximate surface area is 76.3 Å². The zero-order valence-electron chi connectivity index (χ0n) is 7.85. The Kier molecular flexibility index (Phi) is 2.66. The van der Waals surface area contributed by atoms with E-state index in [2.05, 4.69) is 4.74 Å². The molecule has 0 saturated heterocycles. The van der Waals surface area contributed by atoms with Crippen molar-refractivity contribution in [1.82, 2.24) is 0 Å². The molecule has 1 aromatic carbocycles. The molecule has 0 aliphatic rings. The van der Waals surface area contributed by atoms with Crippen LogP contribution in [0.3, 0.4) is 0 Å². The lowest BCUT2D eigenvalue weighted by Gasteiger charge is -2.04. The number of hydrogen-bond donors (Lipinski definition) is 0. The molecule has 0 saturated carbocycles. The van der Waals surface area contributed by atoms with Gasteiger partial charge in [0.2, 0.25) is 0 Å². The average molecular weight is 182 g/mol. The maximum absolute atomic E-state index is 13.1. The van der Waals surface area contributed by atoms with Crippen LogP contribution in [0, 0.1) is 19.7 Å². The molecule has 13 heavy (non-hydrogen) atoms. The highest BCUT2D eigenvalue weighted by Gasteiger charge is 2.09. The molecule has 0 atom stereocenters. The van der Waals surface area contributed by atoms with Crippen LogP contribution in [0.2, 0.25) is 0 Å². The van der Waals surface area contributed by atoms with Crippen molar-refractivity contribution in [2.24, 2.45) is 0 Å². The Hall–Kier alpha value is -1.38. The van der Waals surface area contributed by atoms with E-state index in [0.29, 0.717) is 16.7 Å². The molecule has 3 heteroatoms. The van der Waals surface area contributed by atoms with Crippen molar-refractivity contribution in [1.29, 1.82) is 0 Å². The molecule has 0 aliphatic carbocycles. The number of aryl methyl sites for hydroxylation is 2. The van der Waals surface area contributed by atoms with Crippen molar-refractivity contribution in [3.05, 3.63) is 34.6 Å². The quantitative estimate of drug-likeness (QED) is 0.622. The first-order valence-corrected chi connectivity index (χ1v) is 3.91. The number of carbonyl (C=O) groups is 1. The van der Waals surface area contributed by atoms with Gasteiger partial charge in [0.05, 0.1) is 12.7 Å². The third-order valence-electron chi connectivity index (χ3n) is 1.86. The fraction of sp³-hybridized carbons (Fsp3) is 0.300. The Bertz CT molecular complexity index is 322. The summed E-state index contributed by atoms with van der Waals surface area (Å²) in [5, 5.41) is 0. The van der Waals surface area contributed by atoms with Gasteiger partial charge in [-0.2, -0.15) is 0 Å². The van der Waals surface area contributed by atoms with Gasteiger partial charge in [0.25, 0.3) is 0 Å². The number of halogens is 1. The van der Waals surface area contributed by atoms with E-state index >= 15 is 0 Å². The highest BCUT2D eigenvalue weighted by Crippen LogP contribution is 2.15. The fourth-order valence-electron chi connectivity index (χ4n) is 1.18. The van der Waals surface area contributed by atoms with Crippen molar-refractivity contribution in [2.45, 2.75) is 13.8 Å². The Morgan fingerprint density at radius 2 is 1.77 bits per heavy atom. The van der Waals surface area contributed by atoms with E-state index in [1.165, 1.54) is 19.2 Å². The van der Waals surface area contributed by atoms with E-state index < -0.39 is 5.97 Å². The van der Waals surface area contributed by atoms with Crippen molar-refractivity contribution >= 4 is 5.97 Å². The van der Waals surface area contributed by atoms with E-state index in [4.69, 9.17) is 0 Å². The van der Waals surface area contributed by atoms with Gasteiger partial charge in [-0.05, 0) is 37.1 Å². The van der Waals surface area contributed by atoms with Gasteiger partial charge < -0.3 is 4.74 Å². The van der Waals surface area contributed by atoms with Crippen molar-refractivity contribution < 1.29 is 13.9 Å². The molecule has 1 rings (SSSR count). The number of benzene rings is 1. The van der Waals surface area contributed by atoms with Gasteiger partial charge in [0.1, 0.15) is 5.82 Å². The predicted molar refractivity (Wildman–Crippen MR) is 47.2 cm³/mol. The second kappa shape index (κ2) is 3.56. The van der Waals surface area contributed by atoms with Gasteiger partial charge >= 0.3 is 5.97 Å². The van der Waals surface area contributed by atoms with Crippen LogP contribution in [0.15, 0.2) is 12.1 Å². The van der Waals surface area contributed by atoms with Crippen LogP contribution in [-0.4, -0.2) is 13.1 Å². The standard InChI is InChI=1S/C10H11FO2/c1-6-4-8(10(12)13-3)5-7(2)9(6)11/h4-5H,1-3H3. The minimum Gasteiger partial charge on any atom is -0.465 e. The van der Waals surface area contributed by atoms with Crippen LogP contribution in [0.5, 0.6) is 0 Å². The van der Waals surface area contributed by atoms with Crippen LogP contribution < -0.4 is 0 Å². The monoisotopic (exact) mass is 182 g/mol. The summed E-state index contributed by atoms with van der Waals surface area (Å²) >= 11 is 0.